The van der Waals surface area contributed by atoms with E-state index in [4.69, 9.17) is 6.42 Å². The maximum Gasteiger partial charge on any atom is 0.269 e. The number of terminal acetylenes is 1. The van der Waals surface area contributed by atoms with Crippen molar-refractivity contribution in [2.75, 3.05) is 16.8 Å². The van der Waals surface area contributed by atoms with E-state index in [9.17, 15) is 10.1 Å². The summed E-state index contributed by atoms with van der Waals surface area (Å²) in [7, 11) is 1.95. The van der Waals surface area contributed by atoms with E-state index in [0.29, 0.717) is 6.42 Å². The van der Waals surface area contributed by atoms with Crippen molar-refractivity contribution in [3.63, 3.8) is 0 Å². The second-order valence-corrected chi connectivity index (χ2v) is 12.1. The Morgan fingerprint density at radius 1 is 0.776 bits per heavy atom. The number of anilines is 4. The smallest absolute Gasteiger partial charge is 0.269 e. The van der Waals surface area contributed by atoms with Crippen LogP contribution in [0.5, 0.6) is 0 Å². The van der Waals surface area contributed by atoms with Gasteiger partial charge in [-0.15, -0.1) is 12.3 Å². The van der Waals surface area contributed by atoms with Crippen LogP contribution >= 0.6 is 0 Å². The number of benzene rings is 5. The van der Waals surface area contributed by atoms with Crippen molar-refractivity contribution in [2.45, 2.75) is 31.7 Å². The molecule has 0 saturated carbocycles. The quantitative estimate of drug-likeness (QED) is 0.0589. The molecule has 0 heterocycles. The minimum atomic E-state index is -0.384. The van der Waals surface area contributed by atoms with Gasteiger partial charge in [0.05, 0.1) is 11.0 Å². The number of non-ortho nitro benzene ring substituents is 1. The highest BCUT2D eigenvalue weighted by molar-refractivity contribution is 5.75. The summed E-state index contributed by atoms with van der Waals surface area (Å²) in [6.45, 7) is 0. The molecule has 242 valence electrons. The average molecular weight is 642 g/mol. The molecule has 5 nitrogen and oxygen atoms in total. The molecule has 0 amide bonds. The van der Waals surface area contributed by atoms with Crippen LogP contribution in [0.25, 0.3) is 16.7 Å². The van der Waals surface area contributed by atoms with Crippen molar-refractivity contribution in [1.82, 2.24) is 0 Å². The van der Waals surface area contributed by atoms with E-state index in [1.807, 2.05) is 18.0 Å². The van der Waals surface area contributed by atoms with Crippen molar-refractivity contribution >= 4 is 34.0 Å². The average Bonchev–Trinajstić information content (AvgIpc) is 3.16. The second-order valence-electron chi connectivity index (χ2n) is 12.1. The summed E-state index contributed by atoms with van der Waals surface area (Å²) < 4.78 is 0. The zero-order chi connectivity index (χ0) is 34.0. The van der Waals surface area contributed by atoms with Gasteiger partial charge in [-0.25, -0.2) is 0 Å². The summed E-state index contributed by atoms with van der Waals surface area (Å²) in [4.78, 5) is 15.0. The maximum absolute atomic E-state index is 11.0. The number of rotatable bonds is 12. The molecule has 1 aliphatic rings. The summed E-state index contributed by atoms with van der Waals surface area (Å²) >= 11 is 0. The highest BCUT2D eigenvalue weighted by Gasteiger charge is 2.19. The van der Waals surface area contributed by atoms with E-state index in [-0.39, 0.29) is 16.7 Å². The molecule has 5 heteroatoms. The van der Waals surface area contributed by atoms with E-state index >= 15 is 0 Å². The Bertz CT molecular complexity index is 1990. The Kier molecular flexibility index (Phi) is 10.5. The van der Waals surface area contributed by atoms with Crippen molar-refractivity contribution in [3.05, 3.63) is 179 Å². The van der Waals surface area contributed by atoms with Gasteiger partial charge < -0.3 is 9.80 Å². The molecule has 1 unspecified atom stereocenters. The van der Waals surface area contributed by atoms with Crippen LogP contribution in [0, 0.1) is 22.5 Å². The first-order chi connectivity index (χ1) is 24.0. The summed E-state index contributed by atoms with van der Waals surface area (Å²) in [6, 6.07) is 42.9. The van der Waals surface area contributed by atoms with Crippen molar-refractivity contribution in [3.8, 4) is 23.5 Å². The van der Waals surface area contributed by atoms with Crippen LogP contribution in [-0.4, -0.2) is 18.0 Å². The predicted molar refractivity (Wildman–Crippen MR) is 204 cm³/mol. The lowest BCUT2D eigenvalue weighted by Gasteiger charge is -2.32. The van der Waals surface area contributed by atoms with E-state index in [0.717, 1.165) is 53.1 Å². The minimum Gasteiger partial charge on any atom is -0.345 e. The molecule has 0 aromatic heterocycles. The number of nitro groups is 1. The monoisotopic (exact) mass is 641 g/mol. The molecule has 1 atom stereocenters. The highest BCUT2D eigenvalue weighted by Crippen LogP contribution is 2.34. The first-order valence-electron chi connectivity index (χ1n) is 16.6. The third-order valence-corrected chi connectivity index (χ3v) is 8.92. The Morgan fingerprint density at radius 3 is 1.86 bits per heavy atom. The molecule has 5 aromatic carbocycles. The lowest BCUT2D eigenvalue weighted by atomic mass is 9.97. The molecule has 0 saturated heterocycles. The van der Waals surface area contributed by atoms with Gasteiger partial charge in [-0.2, -0.15) is 0 Å². The first kappa shape index (κ1) is 32.8. The number of nitro benzene ring substituents is 1. The molecule has 6 rings (SSSR count). The first-order valence-corrected chi connectivity index (χ1v) is 16.6. The van der Waals surface area contributed by atoms with E-state index in [1.165, 1.54) is 28.8 Å². The van der Waals surface area contributed by atoms with Gasteiger partial charge in [-0.05, 0) is 95.6 Å². The SMILES string of the molecule is C#CCC(/C=C\Cc1ccccc1)N(c1ccc(C2=CC=CCC2)cc1)c1ccc(-c2ccc(N(C)c3ccc([N+](=O)[O-])cc3)cc2)cc1. The minimum absolute atomic E-state index is 0.0310. The fourth-order valence-electron chi connectivity index (χ4n) is 6.19. The molecular formula is C44H39N3O2. The summed E-state index contributed by atoms with van der Waals surface area (Å²) in [6.07, 6.45) is 20.5. The Balaban J connectivity index is 1.26. The molecule has 0 aliphatic heterocycles. The van der Waals surface area contributed by atoms with Crippen LogP contribution in [0.1, 0.15) is 30.4 Å². The van der Waals surface area contributed by atoms with E-state index in [1.54, 1.807) is 12.1 Å². The number of hydrogen-bond donors (Lipinski definition) is 0. The van der Waals surface area contributed by atoms with E-state index < -0.39 is 0 Å². The number of nitrogens with zero attached hydrogens (tertiary/aromatic N) is 3. The molecule has 0 N–H and O–H groups in total. The molecule has 0 radical (unpaired) electrons. The zero-order valence-electron chi connectivity index (χ0n) is 27.7. The van der Waals surface area contributed by atoms with Crippen molar-refractivity contribution in [2.24, 2.45) is 0 Å². The van der Waals surface area contributed by atoms with Crippen LogP contribution in [-0.2, 0) is 6.42 Å². The van der Waals surface area contributed by atoms with Crippen LogP contribution in [0.3, 0.4) is 0 Å². The van der Waals surface area contributed by atoms with Gasteiger partial charge in [0.15, 0.2) is 0 Å². The normalized spacial score (nSPS) is 13.0. The largest absolute Gasteiger partial charge is 0.345 e. The summed E-state index contributed by atoms with van der Waals surface area (Å²) in [5, 5.41) is 11.0. The summed E-state index contributed by atoms with van der Waals surface area (Å²) in [5.74, 6) is 2.93. The molecule has 0 fully saturated rings. The van der Waals surface area contributed by atoms with Gasteiger partial charge in [-0.3, -0.25) is 10.1 Å². The zero-order valence-corrected chi connectivity index (χ0v) is 27.7. The third kappa shape index (κ3) is 8.06. The van der Waals surface area contributed by atoms with Gasteiger partial charge in [0, 0.05) is 48.4 Å². The van der Waals surface area contributed by atoms with Crippen LogP contribution in [0.15, 0.2) is 158 Å². The predicted octanol–water partition coefficient (Wildman–Crippen LogP) is 11.1. The lowest BCUT2D eigenvalue weighted by Crippen LogP contribution is -2.29. The Hall–Kier alpha value is -6.12. The topological polar surface area (TPSA) is 49.6 Å². The fourth-order valence-corrected chi connectivity index (χ4v) is 6.19. The van der Waals surface area contributed by atoms with Crippen LogP contribution in [0.2, 0.25) is 0 Å². The van der Waals surface area contributed by atoms with Gasteiger partial charge >= 0.3 is 0 Å². The Morgan fingerprint density at radius 2 is 1.33 bits per heavy atom. The van der Waals surface area contributed by atoms with E-state index in [2.05, 4.69) is 138 Å². The molecule has 49 heavy (non-hydrogen) atoms. The number of allylic oxidation sites excluding steroid dienone is 5. The van der Waals surface area contributed by atoms with Gasteiger partial charge in [-0.1, -0.05) is 97.1 Å². The van der Waals surface area contributed by atoms with Gasteiger partial charge in [0.2, 0.25) is 0 Å². The highest BCUT2D eigenvalue weighted by atomic mass is 16.6. The van der Waals surface area contributed by atoms with Gasteiger partial charge in [0.1, 0.15) is 0 Å². The molecular weight excluding hydrogens is 603 g/mol. The standard InChI is InChI=1S/C44H39N3O2/c1-3-11-41(17-10-14-34-12-6-4-7-13-34)46(42-26-20-36(21-27-42)35-15-8-5-9-16-35)43-28-22-38(23-29-43)37-18-24-39(25-19-37)45(2)40-30-32-44(33-31-40)47(48)49/h1,4-8,10,12-13,15,17-33,41H,9,11,14,16H2,2H3/b17-10-. The number of hydrogen-bond acceptors (Lipinski definition) is 4. The molecule has 0 bridgehead atoms. The fraction of sp³-hybridized carbons (Fsp3) is 0.136. The Labute approximate surface area is 289 Å². The summed E-state index contributed by atoms with van der Waals surface area (Å²) in [5.41, 5.74) is 10.2. The molecule has 5 aromatic rings. The van der Waals surface area contributed by atoms with Crippen molar-refractivity contribution in [1.29, 1.82) is 0 Å². The molecule has 1 aliphatic carbocycles. The van der Waals surface area contributed by atoms with Crippen LogP contribution in [0.4, 0.5) is 28.4 Å². The van der Waals surface area contributed by atoms with Gasteiger partial charge in [0.25, 0.3) is 5.69 Å². The second kappa shape index (κ2) is 15.6. The van der Waals surface area contributed by atoms with Crippen LogP contribution < -0.4 is 9.80 Å². The maximum atomic E-state index is 11.0. The lowest BCUT2D eigenvalue weighted by molar-refractivity contribution is -0.384. The molecule has 0 spiro atoms. The third-order valence-electron chi connectivity index (χ3n) is 8.92. The van der Waals surface area contributed by atoms with Crippen molar-refractivity contribution < 1.29 is 4.92 Å².